The van der Waals surface area contributed by atoms with Crippen LogP contribution in [0.5, 0.6) is 0 Å². The number of rotatable bonds is 5. The highest BCUT2D eigenvalue weighted by atomic mass is 35.5. The lowest BCUT2D eigenvalue weighted by Crippen LogP contribution is -2.12. The van der Waals surface area contributed by atoms with Gasteiger partial charge in [-0.2, -0.15) is 0 Å². The summed E-state index contributed by atoms with van der Waals surface area (Å²) in [6.45, 7) is 3.27. The standard InChI is InChI=1S/C11H10ClNO6S/c1-3-6-20(17,18)10-8(13(15)16)5-4-7(9(10)12)11(14)19-2/h3-5H,1,6H2,2H3. The molecule has 108 valence electrons. The number of methoxy groups -OCH3 is 1. The summed E-state index contributed by atoms with van der Waals surface area (Å²) in [6.07, 6.45) is 1.07. The minimum atomic E-state index is -4.08. The minimum Gasteiger partial charge on any atom is -0.465 e. The molecule has 0 unspecified atom stereocenters. The van der Waals surface area contributed by atoms with Gasteiger partial charge < -0.3 is 4.74 Å². The van der Waals surface area contributed by atoms with Crippen molar-refractivity contribution in [1.82, 2.24) is 0 Å². The first-order valence-corrected chi connectivity index (χ1v) is 7.18. The van der Waals surface area contributed by atoms with Gasteiger partial charge in [0.05, 0.1) is 28.4 Å². The Bertz CT molecular complexity index is 682. The van der Waals surface area contributed by atoms with Gasteiger partial charge in [0, 0.05) is 6.07 Å². The quantitative estimate of drug-likeness (QED) is 0.356. The zero-order valence-corrected chi connectivity index (χ0v) is 11.9. The molecule has 0 saturated carbocycles. The number of nitro groups is 1. The molecule has 0 bridgehead atoms. The second kappa shape index (κ2) is 6.02. The molecule has 0 saturated heterocycles. The molecule has 1 rings (SSSR count). The van der Waals surface area contributed by atoms with Gasteiger partial charge in [0.1, 0.15) is 0 Å². The number of carbonyl (C=O) groups excluding carboxylic acids is 1. The van der Waals surface area contributed by atoms with E-state index in [9.17, 15) is 23.3 Å². The third-order valence-corrected chi connectivity index (χ3v) is 4.54. The Morgan fingerprint density at radius 1 is 1.55 bits per heavy atom. The van der Waals surface area contributed by atoms with Crippen molar-refractivity contribution >= 4 is 33.1 Å². The van der Waals surface area contributed by atoms with E-state index in [0.717, 1.165) is 25.3 Å². The van der Waals surface area contributed by atoms with Crippen molar-refractivity contribution in [3.63, 3.8) is 0 Å². The Balaban J connectivity index is 3.72. The number of sulfone groups is 1. The fourth-order valence-corrected chi connectivity index (χ4v) is 3.40. The van der Waals surface area contributed by atoms with E-state index in [0.29, 0.717) is 0 Å². The molecule has 0 heterocycles. The highest BCUT2D eigenvalue weighted by molar-refractivity contribution is 7.91. The minimum absolute atomic E-state index is 0.262. The zero-order chi connectivity index (χ0) is 15.5. The summed E-state index contributed by atoms with van der Waals surface area (Å²) in [4.78, 5) is 20.8. The number of benzene rings is 1. The number of esters is 1. The normalized spacial score (nSPS) is 10.9. The van der Waals surface area contributed by atoms with Crippen LogP contribution in [0.4, 0.5) is 5.69 Å². The summed E-state index contributed by atoms with van der Waals surface area (Å²) in [6, 6.07) is 1.94. The third kappa shape index (κ3) is 2.97. The Hall–Kier alpha value is -1.93. The van der Waals surface area contributed by atoms with E-state index in [1.807, 2.05) is 0 Å². The fourth-order valence-electron chi connectivity index (χ4n) is 1.49. The van der Waals surface area contributed by atoms with Crippen molar-refractivity contribution < 1.29 is 22.9 Å². The molecular weight excluding hydrogens is 310 g/mol. The topological polar surface area (TPSA) is 104 Å². The summed E-state index contributed by atoms with van der Waals surface area (Å²) in [5, 5.41) is 10.4. The molecule has 0 radical (unpaired) electrons. The van der Waals surface area contributed by atoms with E-state index in [4.69, 9.17) is 11.6 Å². The van der Waals surface area contributed by atoms with Crippen LogP contribution in [0.3, 0.4) is 0 Å². The molecule has 1 aromatic carbocycles. The molecule has 0 amide bonds. The lowest BCUT2D eigenvalue weighted by molar-refractivity contribution is -0.387. The molecule has 0 aromatic heterocycles. The number of hydrogen-bond acceptors (Lipinski definition) is 6. The van der Waals surface area contributed by atoms with Crippen molar-refractivity contribution in [2.75, 3.05) is 12.9 Å². The van der Waals surface area contributed by atoms with Gasteiger partial charge in [0.25, 0.3) is 5.69 Å². The average molecular weight is 320 g/mol. The number of halogens is 1. The van der Waals surface area contributed by atoms with Crippen molar-refractivity contribution in [2.45, 2.75) is 4.90 Å². The van der Waals surface area contributed by atoms with Crippen LogP contribution in [0.15, 0.2) is 29.7 Å². The Morgan fingerprint density at radius 3 is 2.60 bits per heavy atom. The summed E-state index contributed by atoms with van der Waals surface area (Å²) >= 11 is 5.83. The highest BCUT2D eigenvalue weighted by Crippen LogP contribution is 2.35. The predicted molar refractivity (Wildman–Crippen MR) is 71.7 cm³/mol. The lowest BCUT2D eigenvalue weighted by Gasteiger charge is -2.09. The van der Waals surface area contributed by atoms with E-state index in [1.54, 1.807) is 0 Å². The van der Waals surface area contributed by atoms with Crippen LogP contribution in [0.25, 0.3) is 0 Å². The number of nitrogens with zero attached hydrogens (tertiary/aromatic N) is 1. The van der Waals surface area contributed by atoms with E-state index in [-0.39, 0.29) is 5.56 Å². The van der Waals surface area contributed by atoms with E-state index < -0.39 is 42.1 Å². The molecule has 0 atom stereocenters. The molecular formula is C11H10ClNO6S. The van der Waals surface area contributed by atoms with Gasteiger partial charge in [0.2, 0.25) is 0 Å². The lowest BCUT2D eigenvalue weighted by atomic mass is 10.2. The van der Waals surface area contributed by atoms with E-state index >= 15 is 0 Å². The largest absolute Gasteiger partial charge is 0.465 e. The van der Waals surface area contributed by atoms with Crippen molar-refractivity contribution in [2.24, 2.45) is 0 Å². The van der Waals surface area contributed by atoms with E-state index in [1.165, 1.54) is 0 Å². The van der Waals surface area contributed by atoms with Gasteiger partial charge >= 0.3 is 5.97 Å². The number of carbonyl (C=O) groups is 1. The Labute approximate surface area is 119 Å². The average Bonchev–Trinajstić information content (AvgIpc) is 2.36. The first-order valence-electron chi connectivity index (χ1n) is 5.15. The van der Waals surface area contributed by atoms with Crippen LogP contribution >= 0.6 is 11.6 Å². The Morgan fingerprint density at radius 2 is 2.15 bits per heavy atom. The second-order valence-corrected chi connectivity index (χ2v) is 5.94. The van der Waals surface area contributed by atoms with Crippen LogP contribution < -0.4 is 0 Å². The van der Waals surface area contributed by atoms with Crippen LogP contribution in [0.1, 0.15) is 10.4 Å². The van der Waals surface area contributed by atoms with Gasteiger partial charge in [-0.05, 0) is 6.07 Å². The fraction of sp³-hybridized carbons (Fsp3) is 0.182. The molecule has 0 aliphatic rings. The van der Waals surface area contributed by atoms with Crippen molar-refractivity contribution in [3.05, 3.63) is 45.5 Å². The van der Waals surface area contributed by atoms with Gasteiger partial charge in [-0.3, -0.25) is 10.1 Å². The molecule has 7 nitrogen and oxygen atoms in total. The first kappa shape index (κ1) is 16.1. The highest BCUT2D eigenvalue weighted by Gasteiger charge is 2.31. The molecule has 0 fully saturated rings. The zero-order valence-electron chi connectivity index (χ0n) is 10.3. The summed E-state index contributed by atoms with van der Waals surface area (Å²) < 4.78 is 28.5. The van der Waals surface area contributed by atoms with Crippen LogP contribution in [-0.4, -0.2) is 32.2 Å². The Kier molecular flexibility index (Phi) is 4.85. The predicted octanol–water partition coefficient (Wildman–Crippen LogP) is 1.99. The van der Waals surface area contributed by atoms with Crippen LogP contribution in [-0.2, 0) is 14.6 Å². The second-order valence-electron chi connectivity index (χ2n) is 3.59. The maximum absolute atomic E-state index is 12.0. The number of hydrogen-bond donors (Lipinski definition) is 0. The maximum Gasteiger partial charge on any atom is 0.339 e. The smallest absolute Gasteiger partial charge is 0.339 e. The SMILES string of the molecule is C=CCS(=O)(=O)c1c([N+](=O)[O-])ccc(C(=O)OC)c1Cl. The van der Waals surface area contributed by atoms with Crippen molar-refractivity contribution in [1.29, 1.82) is 0 Å². The monoisotopic (exact) mass is 319 g/mol. The maximum atomic E-state index is 12.0. The molecule has 0 spiro atoms. The summed E-state index contributed by atoms with van der Waals surface area (Å²) in [5.74, 6) is -1.43. The van der Waals surface area contributed by atoms with Gasteiger partial charge in [-0.15, -0.1) is 6.58 Å². The third-order valence-electron chi connectivity index (χ3n) is 2.33. The van der Waals surface area contributed by atoms with Crippen molar-refractivity contribution in [3.8, 4) is 0 Å². The summed E-state index contributed by atoms with van der Waals surface area (Å²) in [7, 11) is -3.00. The molecule has 20 heavy (non-hydrogen) atoms. The molecule has 9 heteroatoms. The number of ether oxygens (including phenoxy) is 1. The molecule has 0 aliphatic heterocycles. The first-order chi connectivity index (χ1) is 9.26. The summed E-state index contributed by atoms with van der Waals surface area (Å²) in [5.41, 5.74) is -0.966. The van der Waals surface area contributed by atoms with Gasteiger partial charge in [0.15, 0.2) is 14.7 Å². The van der Waals surface area contributed by atoms with Crippen LogP contribution in [0.2, 0.25) is 5.02 Å². The number of nitro benzene ring substituents is 1. The van der Waals surface area contributed by atoms with Crippen LogP contribution in [0, 0.1) is 10.1 Å². The van der Waals surface area contributed by atoms with Gasteiger partial charge in [-0.1, -0.05) is 17.7 Å². The van der Waals surface area contributed by atoms with Gasteiger partial charge in [-0.25, -0.2) is 13.2 Å². The van der Waals surface area contributed by atoms with E-state index in [2.05, 4.69) is 11.3 Å². The molecule has 0 N–H and O–H groups in total. The molecule has 0 aliphatic carbocycles. The molecule has 1 aromatic rings.